The fraction of sp³-hybridized carbons (Fsp3) is 0.455. The topological polar surface area (TPSA) is 61.3 Å². The molecule has 1 aliphatic carbocycles. The van der Waals surface area contributed by atoms with E-state index >= 15 is 0 Å². The minimum absolute atomic E-state index is 0.404. The lowest BCUT2D eigenvalue weighted by molar-refractivity contribution is 0.0259. The largest absolute Gasteiger partial charge is 0.397 e. The van der Waals surface area contributed by atoms with Crippen LogP contribution in [0.1, 0.15) is 24.3 Å². The molecule has 0 radical (unpaired) electrons. The van der Waals surface area contributed by atoms with E-state index in [0.29, 0.717) is 17.7 Å². The molecule has 0 atom stereocenters. The Kier molecular flexibility index (Phi) is 2.33. The minimum Gasteiger partial charge on any atom is -0.397 e. The van der Waals surface area contributed by atoms with Gasteiger partial charge in [0.2, 0.25) is 0 Å². The highest BCUT2D eigenvalue weighted by Gasteiger charge is 2.31. The maximum absolute atomic E-state index is 5.91. The van der Waals surface area contributed by atoms with Crippen LogP contribution in [-0.2, 0) is 4.74 Å². The van der Waals surface area contributed by atoms with Crippen LogP contribution in [0.15, 0.2) is 18.2 Å². The zero-order valence-corrected chi connectivity index (χ0v) is 8.36. The van der Waals surface area contributed by atoms with Gasteiger partial charge in [-0.2, -0.15) is 0 Å². The average molecular weight is 192 g/mol. The van der Waals surface area contributed by atoms with Crippen molar-refractivity contribution in [3.8, 4) is 0 Å². The van der Waals surface area contributed by atoms with Crippen LogP contribution >= 0.6 is 0 Å². The number of ether oxygens (including phenoxy) is 1. The van der Waals surface area contributed by atoms with Gasteiger partial charge in [-0.3, -0.25) is 0 Å². The summed E-state index contributed by atoms with van der Waals surface area (Å²) < 4.78 is 5.24. The van der Waals surface area contributed by atoms with E-state index in [2.05, 4.69) is 6.07 Å². The Balaban J connectivity index is 2.14. The summed E-state index contributed by atoms with van der Waals surface area (Å²) in [5.74, 6) is 0.531. The van der Waals surface area contributed by atoms with Crippen LogP contribution in [0.3, 0.4) is 0 Å². The Bertz CT molecular complexity index is 332. The maximum atomic E-state index is 5.91. The summed E-state index contributed by atoms with van der Waals surface area (Å²) in [6, 6.07) is 5.86. The molecule has 4 N–H and O–H groups in total. The molecule has 0 saturated heterocycles. The van der Waals surface area contributed by atoms with Crippen LogP contribution in [0.4, 0.5) is 11.4 Å². The first-order chi connectivity index (χ1) is 6.72. The molecule has 76 valence electrons. The van der Waals surface area contributed by atoms with Crippen molar-refractivity contribution < 1.29 is 4.74 Å². The quantitative estimate of drug-likeness (QED) is 0.702. The predicted octanol–water partition coefficient (Wildman–Crippen LogP) is 1.74. The number of methoxy groups -OCH3 is 1. The van der Waals surface area contributed by atoms with Crippen LogP contribution in [-0.4, -0.2) is 13.2 Å². The van der Waals surface area contributed by atoms with Crippen molar-refractivity contribution in [3.05, 3.63) is 23.8 Å². The molecule has 1 saturated carbocycles. The fourth-order valence-electron chi connectivity index (χ4n) is 1.97. The summed E-state index contributed by atoms with van der Waals surface area (Å²) >= 11 is 0. The molecule has 1 aromatic carbocycles. The molecule has 14 heavy (non-hydrogen) atoms. The number of hydrogen-bond donors (Lipinski definition) is 2. The number of rotatable bonds is 2. The number of nitrogens with two attached hydrogens (primary N) is 2. The smallest absolute Gasteiger partial charge is 0.0583 e. The monoisotopic (exact) mass is 192 g/mol. The number of nitrogen functional groups attached to an aromatic ring is 2. The van der Waals surface area contributed by atoms with Gasteiger partial charge in [0.1, 0.15) is 0 Å². The molecule has 0 aliphatic heterocycles. The van der Waals surface area contributed by atoms with E-state index in [0.717, 1.165) is 18.5 Å². The van der Waals surface area contributed by atoms with Gasteiger partial charge in [-0.05, 0) is 30.4 Å². The minimum atomic E-state index is 0.404. The summed E-state index contributed by atoms with van der Waals surface area (Å²) in [6.07, 6.45) is 2.52. The van der Waals surface area contributed by atoms with Gasteiger partial charge in [0.05, 0.1) is 17.5 Å². The van der Waals surface area contributed by atoms with Crippen LogP contribution < -0.4 is 11.5 Å². The lowest BCUT2D eigenvalue weighted by atomic mass is 9.77. The molecule has 0 spiro atoms. The zero-order chi connectivity index (χ0) is 10.1. The number of para-hydroxylation sites is 1. The Morgan fingerprint density at radius 1 is 1.29 bits per heavy atom. The van der Waals surface area contributed by atoms with Crippen LogP contribution in [0, 0.1) is 0 Å². The fourth-order valence-corrected chi connectivity index (χ4v) is 1.97. The lowest BCUT2D eigenvalue weighted by Gasteiger charge is -2.35. The summed E-state index contributed by atoms with van der Waals surface area (Å²) in [5.41, 5.74) is 14.3. The van der Waals surface area contributed by atoms with Crippen molar-refractivity contribution in [2.75, 3.05) is 18.6 Å². The Labute approximate surface area is 84.0 Å². The third kappa shape index (κ3) is 1.44. The molecule has 2 rings (SSSR count). The molecule has 0 heterocycles. The second kappa shape index (κ2) is 3.50. The summed E-state index contributed by atoms with van der Waals surface area (Å²) in [6.45, 7) is 0. The van der Waals surface area contributed by atoms with Crippen molar-refractivity contribution in [1.82, 2.24) is 0 Å². The highest BCUT2D eigenvalue weighted by Crippen LogP contribution is 2.41. The molecular formula is C11H16N2O. The summed E-state index contributed by atoms with van der Waals surface area (Å²) in [5, 5.41) is 0. The molecule has 0 bridgehead atoms. The normalized spacial score (nSPS) is 25.8. The Hall–Kier alpha value is -1.22. The van der Waals surface area contributed by atoms with E-state index in [-0.39, 0.29) is 0 Å². The van der Waals surface area contributed by atoms with Crippen LogP contribution in [0.5, 0.6) is 0 Å². The van der Waals surface area contributed by atoms with Gasteiger partial charge in [0, 0.05) is 7.11 Å². The van der Waals surface area contributed by atoms with E-state index in [1.54, 1.807) is 7.11 Å². The summed E-state index contributed by atoms with van der Waals surface area (Å²) in [4.78, 5) is 0. The molecule has 1 fully saturated rings. The number of hydrogen-bond acceptors (Lipinski definition) is 3. The lowest BCUT2D eigenvalue weighted by Crippen LogP contribution is -2.29. The standard InChI is InChI=1S/C11H16N2O/c1-14-8-5-7(6-8)9-3-2-4-10(12)11(9)13/h2-4,7-8H,5-6,12-13H2,1H3. The van der Waals surface area contributed by atoms with Crippen molar-refractivity contribution in [2.45, 2.75) is 24.9 Å². The summed E-state index contributed by atoms with van der Waals surface area (Å²) in [7, 11) is 1.75. The van der Waals surface area contributed by atoms with E-state index < -0.39 is 0 Å². The SMILES string of the molecule is COC1CC(c2cccc(N)c2N)C1. The van der Waals surface area contributed by atoms with Gasteiger partial charge in [-0.1, -0.05) is 12.1 Å². The van der Waals surface area contributed by atoms with E-state index in [1.807, 2.05) is 12.1 Å². The van der Waals surface area contributed by atoms with Crippen molar-refractivity contribution in [2.24, 2.45) is 0 Å². The number of anilines is 2. The van der Waals surface area contributed by atoms with Gasteiger partial charge in [-0.25, -0.2) is 0 Å². The number of benzene rings is 1. The van der Waals surface area contributed by atoms with Gasteiger partial charge >= 0.3 is 0 Å². The zero-order valence-electron chi connectivity index (χ0n) is 8.36. The third-order valence-electron chi connectivity index (χ3n) is 3.04. The van der Waals surface area contributed by atoms with E-state index in [4.69, 9.17) is 16.2 Å². The predicted molar refractivity (Wildman–Crippen MR) is 58.0 cm³/mol. The van der Waals surface area contributed by atoms with Crippen molar-refractivity contribution in [3.63, 3.8) is 0 Å². The Morgan fingerprint density at radius 3 is 2.64 bits per heavy atom. The second-order valence-corrected chi connectivity index (χ2v) is 3.88. The first-order valence-electron chi connectivity index (χ1n) is 4.89. The second-order valence-electron chi connectivity index (χ2n) is 3.88. The van der Waals surface area contributed by atoms with E-state index in [1.165, 1.54) is 5.56 Å². The van der Waals surface area contributed by atoms with Gasteiger partial charge in [0.25, 0.3) is 0 Å². The average Bonchev–Trinajstić information content (AvgIpc) is 2.10. The van der Waals surface area contributed by atoms with E-state index in [9.17, 15) is 0 Å². The maximum Gasteiger partial charge on any atom is 0.0583 e. The van der Waals surface area contributed by atoms with Crippen LogP contribution in [0.2, 0.25) is 0 Å². The van der Waals surface area contributed by atoms with Crippen molar-refractivity contribution >= 4 is 11.4 Å². The van der Waals surface area contributed by atoms with Gasteiger partial charge in [0.15, 0.2) is 0 Å². The molecular weight excluding hydrogens is 176 g/mol. The molecule has 1 aromatic rings. The molecule has 0 aromatic heterocycles. The highest BCUT2D eigenvalue weighted by molar-refractivity contribution is 5.68. The molecule has 1 aliphatic rings. The van der Waals surface area contributed by atoms with Gasteiger partial charge in [-0.15, -0.1) is 0 Å². The Morgan fingerprint density at radius 2 is 2.00 bits per heavy atom. The first-order valence-corrected chi connectivity index (χ1v) is 4.89. The molecule has 3 heteroatoms. The highest BCUT2D eigenvalue weighted by atomic mass is 16.5. The van der Waals surface area contributed by atoms with Crippen LogP contribution in [0.25, 0.3) is 0 Å². The first kappa shape index (κ1) is 9.34. The third-order valence-corrected chi connectivity index (χ3v) is 3.04. The van der Waals surface area contributed by atoms with Crippen molar-refractivity contribution in [1.29, 1.82) is 0 Å². The molecule has 0 amide bonds. The molecule has 0 unspecified atom stereocenters. The molecule has 3 nitrogen and oxygen atoms in total. The van der Waals surface area contributed by atoms with Gasteiger partial charge < -0.3 is 16.2 Å².